The van der Waals surface area contributed by atoms with E-state index in [2.05, 4.69) is 22.2 Å². The fraction of sp³-hybridized carbons (Fsp3) is 0.292. The molecule has 1 amide bonds. The number of carbonyl (C=O) groups excluding carboxylic acids is 1. The van der Waals surface area contributed by atoms with Gasteiger partial charge in [-0.05, 0) is 48.6 Å². The van der Waals surface area contributed by atoms with E-state index in [1.807, 2.05) is 31.2 Å². The van der Waals surface area contributed by atoms with E-state index in [1.54, 1.807) is 12.1 Å². The van der Waals surface area contributed by atoms with Crippen LogP contribution >= 0.6 is 11.8 Å². The normalized spacial score (nSPS) is 11.3. The summed E-state index contributed by atoms with van der Waals surface area (Å²) in [6, 6.07) is 14.1. The molecule has 1 heterocycles. The summed E-state index contributed by atoms with van der Waals surface area (Å²) >= 11 is 1.03. The minimum atomic E-state index is -4.00. The molecule has 0 spiro atoms. The molecule has 174 valence electrons. The molecule has 7 nitrogen and oxygen atoms in total. The highest BCUT2D eigenvalue weighted by atomic mass is 32.2. The molecule has 2 N–H and O–H groups in total. The molecule has 0 atom stereocenters. The molecule has 0 aliphatic carbocycles. The van der Waals surface area contributed by atoms with Crippen molar-refractivity contribution in [1.82, 2.24) is 9.97 Å². The summed E-state index contributed by atoms with van der Waals surface area (Å²) in [6.07, 6.45) is 4.79. The van der Waals surface area contributed by atoms with Crippen molar-refractivity contribution in [3.8, 4) is 0 Å². The van der Waals surface area contributed by atoms with E-state index in [9.17, 15) is 18.0 Å². The molecule has 3 rings (SSSR count). The number of thioether (sulfide) groups is 1. The van der Waals surface area contributed by atoms with Gasteiger partial charge in [-0.2, -0.15) is 0 Å². The number of H-pyrrole nitrogens is 1. The van der Waals surface area contributed by atoms with Crippen molar-refractivity contribution in [2.75, 3.05) is 11.1 Å². The number of carbonyl (C=O) groups is 1. The van der Waals surface area contributed by atoms with Gasteiger partial charge in [0.05, 0.1) is 16.8 Å². The Hall–Kier alpha value is -2.91. The third kappa shape index (κ3) is 6.33. The van der Waals surface area contributed by atoms with Crippen LogP contribution in [0.3, 0.4) is 0 Å². The Bertz CT molecular complexity index is 1270. The molecule has 0 saturated carbocycles. The van der Waals surface area contributed by atoms with Crippen molar-refractivity contribution < 1.29 is 13.2 Å². The molecule has 0 radical (unpaired) electrons. The van der Waals surface area contributed by atoms with Crippen LogP contribution in [0.4, 0.5) is 5.69 Å². The Balaban J connectivity index is 1.68. The Labute approximate surface area is 198 Å². The number of unbranched alkanes of at least 4 members (excludes halogenated alkanes) is 1. The SMILES string of the molecule is CCCCc1ccc(S(=O)(=O)c2cnc(SCC(=O)Nc3ccccc3CC)[nH]c2=O)cc1. The van der Waals surface area contributed by atoms with Crippen LogP contribution in [0.15, 0.2) is 74.5 Å². The maximum absolute atomic E-state index is 12.9. The average molecular weight is 486 g/mol. The monoisotopic (exact) mass is 485 g/mol. The smallest absolute Gasteiger partial charge is 0.270 e. The van der Waals surface area contributed by atoms with E-state index in [0.717, 1.165) is 60.5 Å². The number of rotatable bonds is 10. The lowest BCUT2D eigenvalue weighted by Gasteiger charge is -2.09. The van der Waals surface area contributed by atoms with Crippen LogP contribution in [-0.4, -0.2) is 30.0 Å². The molecule has 0 fully saturated rings. The van der Waals surface area contributed by atoms with E-state index >= 15 is 0 Å². The third-order valence-corrected chi connectivity index (χ3v) is 7.75. The van der Waals surface area contributed by atoms with Crippen LogP contribution in [0.25, 0.3) is 0 Å². The zero-order chi connectivity index (χ0) is 23.8. The molecule has 0 unspecified atom stereocenters. The van der Waals surface area contributed by atoms with Gasteiger partial charge in [-0.15, -0.1) is 0 Å². The van der Waals surface area contributed by atoms with E-state index in [0.29, 0.717) is 0 Å². The average Bonchev–Trinajstić information content (AvgIpc) is 2.82. The number of hydrogen-bond acceptors (Lipinski definition) is 6. The molecule has 0 aliphatic heterocycles. The first kappa shape index (κ1) is 24.7. The number of nitrogens with zero attached hydrogens (tertiary/aromatic N) is 1. The van der Waals surface area contributed by atoms with Gasteiger partial charge < -0.3 is 10.3 Å². The summed E-state index contributed by atoms with van der Waals surface area (Å²) in [4.78, 5) is 30.9. The van der Waals surface area contributed by atoms with E-state index in [4.69, 9.17) is 0 Å². The number of aryl methyl sites for hydroxylation is 2. The largest absolute Gasteiger partial charge is 0.325 e. The second-order valence-corrected chi connectivity index (χ2v) is 10.4. The zero-order valence-corrected chi connectivity index (χ0v) is 20.3. The van der Waals surface area contributed by atoms with E-state index < -0.39 is 20.3 Å². The second-order valence-electron chi connectivity index (χ2n) is 7.48. The highest BCUT2D eigenvalue weighted by Crippen LogP contribution is 2.21. The Kier molecular flexibility index (Phi) is 8.46. The van der Waals surface area contributed by atoms with Gasteiger partial charge in [0.1, 0.15) is 0 Å². The Morgan fingerprint density at radius 1 is 1.09 bits per heavy atom. The number of nitrogens with one attached hydrogen (secondary N) is 2. The van der Waals surface area contributed by atoms with Gasteiger partial charge in [-0.1, -0.05) is 62.4 Å². The molecule has 33 heavy (non-hydrogen) atoms. The van der Waals surface area contributed by atoms with Crippen molar-refractivity contribution in [3.63, 3.8) is 0 Å². The van der Waals surface area contributed by atoms with Crippen molar-refractivity contribution in [3.05, 3.63) is 76.2 Å². The van der Waals surface area contributed by atoms with Gasteiger partial charge in [-0.3, -0.25) is 9.59 Å². The predicted molar refractivity (Wildman–Crippen MR) is 131 cm³/mol. The number of anilines is 1. The number of amides is 1. The lowest BCUT2D eigenvalue weighted by atomic mass is 10.1. The summed E-state index contributed by atoms with van der Waals surface area (Å²) in [7, 11) is -4.00. The molecular weight excluding hydrogens is 458 g/mol. The van der Waals surface area contributed by atoms with Crippen molar-refractivity contribution in [2.24, 2.45) is 0 Å². The molecule has 1 aromatic heterocycles. The van der Waals surface area contributed by atoms with Gasteiger partial charge >= 0.3 is 0 Å². The maximum Gasteiger partial charge on any atom is 0.270 e. The molecular formula is C24H27N3O4S2. The van der Waals surface area contributed by atoms with Crippen LogP contribution in [0.5, 0.6) is 0 Å². The van der Waals surface area contributed by atoms with Crippen LogP contribution < -0.4 is 10.9 Å². The molecule has 0 saturated heterocycles. The summed E-state index contributed by atoms with van der Waals surface area (Å²) in [5, 5.41) is 3.02. The predicted octanol–water partition coefficient (Wildman–Crippen LogP) is 4.24. The first-order chi connectivity index (χ1) is 15.8. The molecule has 0 bridgehead atoms. The van der Waals surface area contributed by atoms with Gasteiger partial charge in [0.15, 0.2) is 10.1 Å². The Morgan fingerprint density at radius 2 is 1.82 bits per heavy atom. The summed E-state index contributed by atoms with van der Waals surface area (Å²) in [5.41, 5.74) is 2.05. The molecule has 0 aliphatic rings. The van der Waals surface area contributed by atoms with Gasteiger partial charge in [0.25, 0.3) is 5.56 Å². The van der Waals surface area contributed by atoms with Crippen LogP contribution in [-0.2, 0) is 27.5 Å². The highest BCUT2D eigenvalue weighted by molar-refractivity contribution is 7.99. The number of aromatic amines is 1. The van der Waals surface area contributed by atoms with Crippen molar-refractivity contribution >= 4 is 33.2 Å². The highest BCUT2D eigenvalue weighted by Gasteiger charge is 2.22. The Morgan fingerprint density at radius 3 is 2.48 bits per heavy atom. The number of para-hydroxylation sites is 1. The lowest BCUT2D eigenvalue weighted by molar-refractivity contribution is -0.113. The zero-order valence-electron chi connectivity index (χ0n) is 18.6. The first-order valence-corrected chi connectivity index (χ1v) is 13.3. The molecule has 2 aromatic carbocycles. The fourth-order valence-corrected chi connectivity index (χ4v) is 5.11. The van der Waals surface area contributed by atoms with Crippen molar-refractivity contribution in [2.45, 2.75) is 54.5 Å². The fourth-order valence-electron chi connectivity index (χ4n) is 3.25. The number of aromatic nitrogens is 2. The summed E-state index contributed by atoms with van der Waals surface area (Å²) in [5.74, 6) is -0.227. The lowest BCUT2D eigenvalue weighted by Crippen LogP contribution is -2.20. The summed E-state index contributed by atoms with van der Waals surface area (Å²) in [6.45, 7) is 4.10. The number of benzene rings is 2. The van der Waals surface area contributed by atoms with Gasteiger partial charge in [0, 0.05) is 5.69 Å². The summed E-state index contributed by atoms with van der Waals surface area (Å²) < 4.78 is 25.8. The third-order valence-electron chi connectivity index (χ3n) is 5.10. The van der Waals surface area contributed by atoms with Crippen LogP contribution in [0.1, 0.15) is 37.8 Å². The molecule has 3 aromatic rings. The number of sulfone groups is 1. The van der Waals surface area contributed by atoms with Crippen LogP contribution in [0.2, 0.25) is 0 Å². The topological polar surface area (TPSA) is 109 Å². The van der Waals surface area contributed by atoms with Gasteiger partial charge in [-0.25, -0.2) is 13.4 Å². The van der Waals surface area contributed by atoms with Crippen LogP contribution in [0, 0.1) is 0 Å². The molecule has 9 heteroatoms. The minimum Gasteiger partial charge on any atom is -0.325 e. The van der Waals surface area contributed by atoms with Crippen molar-refractivity contribution in [1.29, 1.82) is 0 Å². The van der Waals surface area contributed by atoms with E-state index in [-0.39, 0.29) is 21.7 Å². The minimum absolute atomic E-state index is 0.0201. The second kappa shape index (κ2) is 11.3. The first-order valence-electron chi connectivity index (χ1n) is 10.8. The standard InChI is InChI=1S/C24H27N3O4S2/c1-3-5-8-17-11-13-19(14-12-17)33(30,31)21-15-25-24(27-23(21)29)32-16-22(28)26-20-10-7-6-9-18(20)4-2/h6-7,9-15H,3-5,8,16H2,1-2H3,(H,26,28)(H,25,27,29). The number of hydrogen-bond donors (Lipinski definition) is 2. The maximum atomic E-state index is 12.9. The quantitative estimate of drug-likeness (QED) is 0.328. The van der Waals surface area contributed by atoms with Gasteiger partial charge in [0.2, 0.25) is 15.7 Å². The van der Waals surface area contributed by atoms with E-state index in [1.165, 1.54) is 12.1 Å².